The molecule has 212 valence electrons. The van der Waals surface area contributed by atoms with Crippen LogP contribution in [0.2, 0.25) is 0 Å². The number of hydrogen-bond donors (Lipinski definition) is 0. The first kappa shape index (κ1) is 26.7. The number of hydrogen-bond acceptors (Lipinski definition) is 7. The van der Waals surface area contributed by atoms with Crippen molar-refractivity contribution < 1.29 is 19.0 Å². The quantitative estimate of drug-likeness (QED) is 0.367. The summed E-state index contributed by atoms with van der Waals surface area (Å²) < 4.78 is 20.2. The van der Waals surface area contributed by atoms with Crippen LogP contribution in [0.4, 0.5) is 4.79 Å². The van der Waals surface area contributed by atoms with Gasteiger partial charge in [0.1, 0.15) is 23.1 Å². The number of benzene rings is 1. The van der Waals surface area contributed by atoms with Gasteiger partial charge in [-0.1, -0.05) is 18.2 Å². The lowest BCUT2D eigenvalue weighted by molar-refractivity contribution is -0.0365. The molecule has 0 radical (unpaired) electrons. The fraction of sp³-hybridized carbons (Fsp3) is 0.548. The Morgan fingerprint density at radius 2 is 2.00 bits per heavy atom. The highest BCUT2D eigenvalue weighted by Crippen LogP contribution is 2.54. The van der Waals surface area contributed by atoms with Gasteiger partial charge in [-0.3, -0.25) is 4.98 Å². The first-order valence-corrected chi connectivity index (χ1v) is 14.4. The Kier molecular flexibility index (Phi) is 6.81. The molecule has 2 aliphatic heterocycles. The fourth-order valence-corrected chi connectivity index (χ4v) is 5.79. The zero-order valence-electron chi connectivity index (χ0n) is 24.0. The Bertz CT molecular complexity index is 1430. The molecule has 2 aromatic heterocycles. The Balaban J connectivity index is 1.30. The molecule has 1 aliphatic carbocycles. The molecular formula is C31H39N5O4. The Morgan fingerprint density at radius 1 is 1.18 bits per heavy atom. The third kappa shape index (κ3) is 5.31. The monoisotopic (exact) mass is 545 g/mol. The number of rotatable bonds is 5. The number of amides is 1. The van der Waals surface area contributed by atoms with Gasteiger partial charge in [-0.2, -0.15) is 5.10 Å². The molecule has 3 fully saturated rings. The Labute approximate surface area is 235 Å². The third-order valence-corrected chi connectivity index (χ3v) is 8.24. The smallest absolute Gasteiger partial charge is 0.410 e. The van der Waals surface area contributed by atoms with Crippen LogP contribution in [0.15, 0.2) is 37.2 Å². The van der Waals surface area contributed by atoms with E-state index in [-0.39, 0.29) is 23.8 Å². The summed E-state index contributed by atoms with van der Waals surface area (Å²) in [4.78, 5) is 23.9. The lowest BCUT2D eigenvalue weighted by Gasteiger charge is -2.39. The Morgan fingerprint density at radius 3 is 2.70 bits per heavy atom. The summed E-state index contributed by atoms with van der Waals surface area (Å²) in [6.07, 6.45) is 8.98. The van der Waals surface area contributed by atoms with Crippen LogP contribution in [0.25, 0.3) is 27.9 Å². The molecule has 1 saturated carbocycles. The highest BCUT2D eigenvalue weighted by molar-refractivity contribution is 5.94. The summed E-state index contributed by atoms with van der Waals surface area (Å²) >= 11 is 0. The fourth-order valence-electron chi connectivity index (χ4n) is 5.79. The highest BCUT2D eigenvalue weighted by Gasteiger charge is 2.54. The molecule has 9 nitrogen and oxygen atoms in total. The van der Waals surface area contributed by atoms with Crippen molar-refractivity contribution in [2.24, 2.45) is 5.41 Å². The molecule has 2 atom stereocenters. The van der Waals surface area contributed by atoms with Gasteiger partial charge in [0.25, 0.3) is 0 Å². The minimum absolute atomic E-state index is 0.0825. The average molecular weight is 546 g/mol. The molecule has 0 bridgehead atoms. The van der Waals surface area contributed by atoms with E-state index in [9.17, 15) is 4.79 Å². The first-order chi connectivity index (χ1) is 19.1. The van der Waals surface area contributed by atoms with Gasteiger partial charge in [-0.25, -0.2) is 14.5 Å². The summed E-state index contributed by atoms with van der Waals surface area (Å²) in [5.74, 6) is 0.437. The number of carbonyl (C=O) groups excluding carboxylic acids is 1. The van der Waals surface area contributed by atoms with Crippen LogP contribution in [-0.4, -0.2) is 62.1 Å². The maximum absolute atomic E-state index is 12.8. The predicted octanol–water partition coefficient (Wildman–Crippen LogP) is 6.39. The van der Waals surface area contributed by atoms with Crippen molar-refractivity contribution in [3.8, 4) is 17.3 Å². The minimum Gasteiger partial charge on any atom is -0.471 e. The van der Waals surface area contributed by atoms with Crippen LogP contribution < -0.4 is 4.74 Å². The summed E-state index contributed by atoms with van der Waals surface area (Å²) in [5.41, 5.74) is 3.96. The molecule has 1 aromatic carbocycles. The molecule has 6 rings (SSSR count). The largest absolute Gasteiger partial charge is 0.471 e. The van der Waals surface area contributed by atoms with Crippen LogP contribution in [0, 0.1) is 5.41 Å². The highest BCUT2D eigenvalue weighted by atomic mass is 16.6. The number of ether oxygens (including phenoxy) is 3. The van der Waals surface area contributed by atoms with Crippen LogP contribution in [0.5, 0.6) is 5.88 Å². The van der Waals surface area contributed by atoms with Gasteiger partial charge in [0.15, 0.2) is 6.23 Å². The zero-order valence-corrected chi connectivity index (χ0v) is 24.0. The molecule has 9 heteroatoms. The van der Waals surface area contributed by atoms with E-state index in [0.29, 0.717) is 24.7 Å². The van der Waals surface area contributed by atoms with Gasteiger partial charge in [0.05, 0.1) is 24.5 Å². The van der Waals surface area contributed by atoms with Crippen molar-refractivity contribution in [3.63, 3.8) is 0 Å². The molecule has 1 spiro atoms. The summed E-state index contributed by atoms with van der Waals surface area (Å²) in [6, 6.07) is 6.29. The maximum atomic E-state index is 12.8. The van der Waals surface area contributed by atoms with Gasteiger partial charge < -0.3 is 19.1 Å². The lowest BCUT2D eigenvalue weighted by atomic mass is 9.90. The zero-order chi connectivity index (χ0) is 28.1. The molecule has 40 heavy (non-hydrogen) atoms. The predicted molar refractivity (Wildman–Crippen MR) is 153 cm³/mol. The standard InChI is InChI=1S/C31H39N5O4/c1-20(2)21-9-10-24-22(16-21)28(34-36(24)27-8-6-7-15-38-27)23-17-32-18-26(33-23)39-25-19-35(14-13-31(25)11-12-31)29(37)40-30(3,4)5/h9-10,16-18,25,27H,1,6-8,11-15,19H2,2-5H3/t25-,27?/m0/s1. The topological polar surface area (TPSA) is 91.6 Å². The van der Waals surface area contributed by atoms with Crippen LogP contribution >= 0.6 is 0 Å². The van der Waals surface area contributed by atoms with E-state index in [2.05, 4.69) is 29.8 Å². The van der Waals surface area contributed by atoms with E-state index < -0.39 is 5.60 Å². The molecule has 3 aromatic rings. The van der Waals surface area contributed by atoms with Crippen LogP contribution in [-0.2, 0) is 9.47 Å². The molecule has 0 N–H and O–H groups in total. The number of allylic oxidation sites excluding steroid dienone is 1. The van der Waals surface area contributed by atoms with Crippen molar-refractivity contribution >= 4 is 22.6 Å². The number of piperidine rings is 1. The van der Waals surface area contributed by atoms with E-state index in [1.165, 1.54) is 0 Å². The molecule has 2 saturated heterocycles. The normalized spacial score (nSPS) is 22.4. The lowest BCUT2D eigenvalue weighted by Crippen LogP contribution is -2.51. The molecule has 1 amide bonds. The maximum Gasteiger partial charge on any atom is 0.410 e. The van der Waals surface area contributed by atoms with E-state index in [1.807, 2.05) is 32.4 Å². The van der Waals surface area contributed by atoms with Crippen molar-refractivity contribution in [2.75, 3.05) is 19.7 Å². The molecule has 4 heterocycles. The van der Waals surface area contributed by atoms with Gasteiger partial charge >= 0.3 is 6.09 Å². The summed E-state index contributed by atoms with van der Waals surface area (Å²) in [5, 5.41) is 6.00. The number of carbonyl (C=O) groups is 1. The van der Waals surface area contributed by atoms with E-state index >= 15 is 0 Å². The van der Waals surface area contributed by atoms with E-state index in [1.54, 1.807) is 17.3 Å². The first-order valence-electron chi connectivity index (χ1n) is 14.4. The summed E-state index contributed by atoms with van der Waals surface area (Å²) in [7, 11) is 0. The van der Waals surface area contributed by atoms with Gasteiger partial charge in [-0.05, 0) is 83.9 Å². The number of fused-ring (bicyclic) bond motifs is 1. The van der Waals surface area contributed by atoms with E-state index in [0.717, 1.165) is 72.9 Å². The molecule has 3 aliphatic rings. The molecular weight excluding hydrogens is 506 g/mol. The van der Waals surface area contributed by atoms with Gasteiger partial charge in [-0.15, -0.1) is 0 Å². The van der Waals surface area contributed by atoms with Crippen molar-refractivity contribution in [1.29, 1.82) is 0 Å². The van der Waals surface area contributed by atoms with Crippen LogP contribution in [0.1, 0.15) is 78.0 Å². The summed E-state index contributed by atoms with van der Waals surface area (Å²) in [6.45, 7) is 13.7. The molecule has 1 unspecified atom stereocenters. The van der Waals surface area contributed by atoms with Crippen molar-refractivity contribution in [3.05, 3.63) is 42.7 Å². The number of likely N-dealkylation sites (tertiary alicyclic amines) is 1. The second-order valence-electron chi connectivity index (χ2n) is 12.5. The number of nitrogens with zero attached hydrogens (tertiary/aromatic N) is 5. The van der Waals surface area contributed by atoms with Gasteiger partial charge in [0, 0.05) is 24.0 Å². The van der Waals surface area contributed by atoms with E-state index in [4.69, 9.17) is 24.3 Å². The van der Waals surface area contributed by atoms with Gasteiger partial charge in [0.2, 0.25) is 5.88 Å². The average Bonchev–Trinajstić information content (AvgIpc) is 3.60. The minimum atomic E-state index is -0.541. The van der Waals surface area contributed by atoms with Crippen LogP contribution in [0.3, 0.4) is 0 Å². The van der Waals surface area contributed by atoms with Crippen molar-refractivity contribution in [1.82, 2.24) is 24.6 Å². The Hall–Kier alpha value is -3.46. The SMILES string of the molecule is C=C(C)c1ccc2c(c1)c(-c1cncc(O[C@H]3CN(C(=O)OC(C)(C)C)CCC34CC4)n1)nn2C1CCCCO1. The third-order valence-electron chi connectivity index (χ3n) is 8.24. The number of aromatic nitrogens is 4. The second kappa shape index (κ2) is 10.2. The van der Waals surface area contributed by atoms with Crippen molar-refractivity contribution in [2.45, 2.75) is 84.2 Å². The second-order valence-corrected chi connectivity index (χ2v) is 12.5.